The zero-order valence-electron chi connectivity index (χ0n) is 7.65. The second-order valence-electron chi connectivity index (χ2n) is 2.45. The van der Waals surface area contributed by atoms with Gasteiger partial charge in [0, 0.05) is 5.38 Å². The molecule has 80 valence electrons. The normalized spacial score (nSPS) is 10.2. The number of hydrogen-bond acceptors (Lipinski definition) is 5. The van der Waals surface area contributed by atoms with E-state index in [2.05, 4.69) is 9.59 Å². The van der Waals surface area contributed by atoms with Gasteiger partial charge < -0.3 is 0 Å². The van der Waals surface area contributed by atoms with E-state index in [1.165, 1.54) is 23.7 Å². The van der Waals surface area contributed by atoms with Gasteiger partial charge in [0.15, 0.2) is 0 Å². The lowest BCUT2D eigenvalue weighted by Crippen LogP contribution is -2.11. The van der Waals surface area contributed by atoms with Crippen LogP contribution in [0.5, 0.6) is 0 Å². The summed E-state index contributed by atoms with van der Waals surface area (Å²) in [6, 6.07) is 7.89. The SMILES string of the molecule is NS(=O)(=O)c1ccccc1.c1csnn1. The summed E-state index contributed by atoms with van der Waals surface area (Å²) in [6.45, 7) is 0. The quantitative estimate of drug-likeness (QED) is 0.805. The van der Waals surface area contributed by atoms with E-state index in [9.17, 15) is 8.42 Å². The van der Waals surface area contributed by atoms with Gasteiger partial charge in [0.2, 0.25) is 10.0 Å². The van der Waals surface area contributed by atoms with Gasteiger partial charge in [-0.1, -0.05) is 22.7 Å². The molecule has 1 aromatic heterocycles. The molecule has 0 unspecified atom stereocenters. The summed E-state index contributed by atoms with van der Waals surface area (Å²) < 4.78 is 24.7. The predicted molar refractivity (Wildman–Crippen MR) is 57.7 cm³/mol. The van der Waals surface area contributed by atoms with Crippen LogP contribution in [0.2, 0.25) is 0 Å². The highest BCUT2D eigenvalue weighted by Crippen LogP contribution is 2.02. The molecule has 0 amide bonds. The van der Waals surface area contributed by atoms with Crippen LogP contribution in [-0.2, 0) is 10.0 Å². The van der Waals surface area contributed by atoms with Crippen LogP contribution >= 0.6 is 11.5 Å². The summed E-state index contributed by atoms with van der Waals surface area (Å²) in [4.78, 5) is 0.148. The van der Waals surface area contributed by atoms with Crippen LogP contribution in [0.15, 0.2) is 46.8 Å². The molecule has 0 aliphatic rings. The van der Waals surface area contributed by atoms with Crippen molar-refractivity contribution < 1.29 is 8.42 Å². The number of benzene rings is 1. The summed E-state index contributed by atoms with van der Waals surface area (Å²) in [5, 5.41) is 10.1. The summed E-state index contributed by atoms with van der Waals surface area (Å²) >= 11 is 1.35. The van der Waals surface area contributed by atoms with E-state index < -0.39 is 10.0 Å². The molecule has 0 atom stereocenters. The van der Waals surface area contributed by atoms with Gasteiger partial charge in [-0.2, -0.15) is 0 Å². The zero-order valence-corrected chi connectivity index (χ0v) is 9.28. The third-order valence-corrected chi connectivity index (χ3v) is 2.72. The van der Waals surface area contributed by atoms with Crippen LogP contribution in [-0.4, -0.2) is 18.0 Å². The summed E-state index contributed by atoms with van der Waals surface area (Å²) in [5.41, 5.74) is 0. The van der Waals surface area contributed by atoms with Gasteiger partial charge in [-0.25, -0.2) is 13.6 Å². The molecular formula is C8H9N3O2S2. The lowest BCUT2D eigenvalue weighted by molar-refractivity contribution is 0.598. The molecule has 1 aromatic carbocycles. The minimum Gasteiger partial charge on any atom is -0.225 e. The van der Waals surface area contributed by atoms with E-state index in [0.717, 1.165) is 0 Å². The number of primary sulfonamides is 1. The Morgan fingerprint density at radius 2 is 1.87 bits per heavy atom. The van der Waals surface area contributed by atoms with Crippen molar-refractivity contribution in [2.75, 3.05) is 0 Å². The molecule has 0 saturated carbocycles. The Morgan fingerprint density at radius 3 is 2.13 bits per heavy atom. The molecule has 5 nitrogen and oxygen atoms in total. The highest BCUT2D eigenvalue weighted by molar-refractivity contribution is 7.89. The molecular weight excluding hydrogens is 234 g/mol. The van der Waals surface area contributed by atoms with Gasteiger partial charge in [0.25, 0.3) is 0 Å². The van der Waals surface area contributed by atoms with Gasteiger partial charge in [-0.15, -0.1) is 5.10 Å². The van der Waals surface area contributed by atoms with Crippen LogP contribution < -0.4 is 5.14 Å². The second-order valence-corrected chi connectivity index (χ2v) is 4.65. The highest BCUT2D eigenvalue weighted by Gasteiger charge is 2.03. The Labute approximate surface area is 91.8 Å². The molecule has 7 heteroatoms. The average molecular weight is 243 g/mol. The molecule has 0 aliphatic heterocycles. The minimum atomic E-state index is -3.50. The predicted octanol–water partition coefficient (Wildman–Crippen LogP) is 0.872. The van der Waals surface area contributed by atoms with Crippen molar-refractivity contribution in [2.24, 2.45) is 5.14 Å². The van der Waals surface area contributed by atoms with Gasteiger partial charge in [-0.05, 0) is 23.7 Å². The van der Waals surface area contributed by atoms with Crippen LogP contribution in [0, 0.1) is 0 Å². The van der Waals surface area contributed by atoms with Gasteiger partial charge in [-0.3, -0.25) is 0 Å². The summed E-state index contributed by atoms with van der Waals surface area (Å²) in [6.07, 6.45) is 1.66. The van der Waals surface area contributed by atoms with Gasteiger partial charge in [0.1, 0.15) is 0 Å². The Morgan fingerprint density at radius 1 is 1.20 bits per heavy atom. The molecule has 15 heavy (non-hydrogen) atoms. The number of rotatable bonds is 1. The van der Waals surface area contributed by atoms with E-state index >= 15 is 0 Å². The van der Waals surface area contributed by atoms with Crippen molar-refractivity contribution >= 4 is 21.6 Å². The van der Waals surface area contributed by atoms with Crippen molar-refractivity contribution in [3.8, 4) is 0 Å². The molecule has 0 saturated heterocycles. The van der Waals surface area contributed by atoms with Gasteiger partial charge >= 0.3 is 0 Å². The molecule has 1 heterocycles. The Bertz CT molecular complexity index is 451. The first kappa shape index (κ1) is 11.8. The molecule has 0 radical (unpaired) electrons. The number of hydrogen-bond donors (Lipinski definition) is 1. The molecule has 0 bridgehead atoms. The Balaban J connectivity index is 0.000000187. The second kappa shape index (κ2) is 5.54. The van der Waals surface area contributed by atoms with E-state index in [-0.39, 0.29) is 4.90 Å². The summed E-state index contributed by atoms with van der Waals surface area (Å²) in [5.74, 6) is 0. The third kappa shape index (κ3) is 4.63. The van der Waals surface area contributed by atoms with Gasteiger partial charge in [0.05, 0.1) is 11.1 Å². The fraction of sp³-hybridized carbons (Fsp3) is 0. The highest BCUT2D eigenvalue weighted by atomic mass is 32.2. The summed E-state index contributed by atoms with van der Waals surface area (Å²) in [7, 11) is -3.50. The maximum absolute atomic E-state index is 10.6. The van der Waals surface area contributed by atoms with E-state index in [4.69, 9.17) is 5.14 Å². The molecule has 2 N–H and O–H groups in total. The maximum atomic E-state index is 10.6. The zero-order chi connectivity index (χ0) is 11.1. The lowest BCUT2D eigenvalue weighted by Gasteiger charge is -1.93. The molecule has 0 fully saturated rings. The number of nitrogens with two attached hydrogens (primary N) is 1. The molecule has 0 aliphatic carbocycles. The van der Waals surface area contributed by atoms with E-state index in [1.54, 1.807) is 24.4 Å². The Hall–Kier alpha value is -1.31. The van der Waals surface area contributed by atoms with Crippen molar-refractivity contribution in [3.63, 3.8) is 0 Å². The van der Waals surface area contributed by atoms with Crippen molar-refractivity contribution in [2.45, 2.75) is 4.90 Å². The monoisotopic (exact) mass is 243 g/mol. The number of nitrogens with zero attached hydrogens (tertiary/aromatic N) is 2. The van der Waals surface area contributed by atoms with E-state index in [0.29, 0.717) is 0 Å². The first-order valence-electron chi connectivity index (χ1n) is 3.89. The lowest BCUT2D eigenvalue weighted by atomic mass is 10.4. The average Bonchev–Trinajstić information content (AvgIpc) is 2.76. The van der Waals surface area contributed by atoms with Crippen molar-refractivity contribution in [3.05, 3.63) is 41.9 Å². The first-order valence-corrected chi connectivity index (χ1v) is 6.28. The standard InChI is InChI=1S/C6H7NO2S.C2H2N2S/c7-10(8,9)6-4-2-1-3-5-6;1-2-5-4-3-1/h1-5H,(H2,7,8,9);1-2H. The smallest absolute Gasteiger partial charge is 0.225 e. The minimum absolute atomic E-state index is 0.148. The molecule has 2 aromatic rings. The topological polar surface area (TPSA) is 85.9 Å². The number of sulfonamides is 1. The number of aromatic nitrogens is 2. The fourth-order valence-corrected chi connectivity index (χ4v) is 1.55. The van der Waals surface area contributed by atoms with Crippen LogP contribution in [0.25, 0.3) is 0 Å². The van der Waals surface area contributed by atoms with Crippen LogP contribution in [0.3, 0.4) is 0 Å². The van der Waals surface area contributed by atoms with E-state index in [1.807, 2.05) is 5.38 Å². The fourth-order valence-electron chi connectivity index (χ4n) is 0.746. The first-order chi connectivity index (χ1) is 7.11. The Kier molecular flexibility index (Phi) is 4.35. The third-order valence-electron chi connectivity index (χ3n) is 1.35. The molecule has 0 spiro atoms. The van der Waals surface area contributed by atoms with Crippen molar-refractivity contribution in [1.82, 2.24) is 9.59 Å². The van der Waals surface area contributed by atoms with Crippen molar-refractivity contribution in [1.29, 1.82) is 0 Å². The maximum Gasteiger partial charge on any atom is 0.238 e. The molecule has 2 rings (SSSR count). The van der Waals surface area contributed by atoms with Crippen LogP contribution in [0.1, 0.15) is 0 Å². The van der Waals surface area contributed by atoms with Crippen LogP contribution in [0.4, 0.5) is 0 Å². The largest absolute Gasteiger partial charge is 0.238 e.